The fourth-order valence-corrected chi connectivity index (χ4v) is 2.26. The van der Waals surface area contributed by atoms with E-state index in [1.54, 1.807) is 0 Å². The molecule has 2 rings (SSSR count). The van der Waals surface area contributed by atoms with Crippen LogP contribution in [-0.4, -0.2) is 37.0 Å². The summed E-state index contributed by atoms with van der Waals surface area (Å²) >= 11 is 0. The van der Waals surface area contributed by atoms with Gasteiger partial charge in [-0.1, -0.05) is 0 Å². The fourth-order valence-electron chi connectivity index (χ4n) is 2.26. The Labute approximate surface area is 79.5 Å². The van der Waals surface area contributed by atoms with Crippen molar-refractivity contribution in [2.45, 2.75) is 37.8 Å². The van der Waals surface area contributed by atoms with Gasteiger partial charge in [-0.05, 0) is 38.1 Å². The third-order valence-corrected chi connectivity index (χ3v) is 3.14. The number of ether oxygens (including phenoxy) is 1. The van der Waals surface area contributed by atoms with Crippen LogP contribution in [0.15, 0.2) is 0 Å². The van der Waals surface area contributed by atoms with Crippen molar-refractivity contribution in [1.82, 2.24) is 5.32 Å². The minimum absolute atomic E-state index is 0.0355. The van der Waals surface area contributed by atoms with Crippen LogP contribution in [0.1, 0.15) is 25.7 Å². The molecule has 1 saturated heterocycles. The second-order valence-electron chi connectivity index (χ2n) is 4.30. The molecule has 0 aromatic heterocycles. The molecule has 2 fully saturated rings. The van der Waals surface area contributed by atoms with Crippen LogP contribution in [0.2, 0.25) is 0 Å². The number of aliphatic hydroxyl groups is 1. The minimum atomic E-state index is -0.0355. The molecule has 1 saturated carbocycles. The van der Waals surface area contributed by atoms with E-state index in [0.717, 1.165) is 39.0 Å². The molecular weight excluding hydrogens is 166 g/mol. The van der Waals surface area contributed by atoms with E-state index < -0.39 is 0 Å². The van der Waals surface area contributed by atoms with Crippen molar-refractivity contribution in [3.05, 3.63) is 0 Å². The lowest BCUT2D eigenvalue weighted by Crippen LogP contribution is -2.33. The van der Waals surface area contributed by atoms with Crippen molar-refractivity contribution in [3.8, 4) is 0 Å². The molecule has 76 valence electrons. The van der Waals surface area contributed by atoms with Crippen molar-refractivity contribution in [1.29, 1.82) is 0 Å². The zero-order valence-electron chi connectivity index (χ0n) is 8.04. The number of rotatable bonds is 3. The van der Waals surface area contributed by atoms with E-state index >= 15 is 0 Å². The lowest BCUT2D eigenvalue weighted by atomic mass is 10.1. The van der Waals surface area contributed by atoms with Gasteiger partial charge in [-0.25, -0.2) is 0 Å². The first-order chi connectivity index (χ1) is 6.34. The van der Waals surface area contributed by atoms with Gasteiger partial charge < -0.3 is 15.2 Å². The highest BCUT2D eigenvalue weighted by molar-refractivity contribution is 4.79. The van der Waals surface area contributed by atoms with Gasteiger partial charge in [-0.2, -0.15) is 0 Å². The summed E-state index contributed by atoms with van der Waals surface area (Å²) < 4.78 is 5.28. The minimum Gasteiger partial charge on any atom is -0.393 e. The first-order valence-corrected chi connectivity index (χ1v) is 5.34. The largest absolute Gasteiger partial charge is 0.393 e. The van der Waals surface area contributed by atoms with Gasteiger partial charge in [0.05, 0.1) is 12.7 Å². The Morgan fingerprint density at radius 2 is 2.23 bits per heavy atom. The molecule has 0 amide bonds. The average molecular weight is 185 g/mol. The van der Waals surface area contributed by atoms with Gasteiger partial charge in [0, 0.05) is 12.6 Å². The Balaban J connectivity index is 1.62. The van der Waals surface area contributed by atoms with Crippen LogP contribution in [0.3, 0.4) is 0 Å². The normalized spacial score (nSPS) is 39.9. The second kappa shape index (κ2) is 4.40. The van der Waals surface area contributed by atoms with E-state index in [2.05, 4.69) is 5.32 Å². The molecule has 0 spiro atoms. The van der Waals surface area contributed by atoms with Crippen molar-refractivity contribution < 1.29 is 9.84 Å². The SMILES string of the molecule is OC1CCC(CNC2CCOC2)C1. The highest BCUT2D eigenvalue weighted by atomic mass is 16.5. The molecule has 2 aliphatic rings. The Hall–Kier alpha value is -0.120. The van der Waals surface area contributed by atoms with Crippen LogP contribution >= 0.6 is 0 Å². The molecule has 1 aliphatic carbocycles. The third-order valence-electron chi connectivity index (χ3n) is 3.14. The van der Waals surface area contributed by atoms with Gasteiger partial charge >= 0.3 is 0 Å². The summed E-state index contributed by atoms with van der Waals surface area (Å²) in [6.07, 6.45) is 4.28. The van der Waals surface area contributed by atoms with Gasteiger partial charge in [-0.15, -0.1) is 0 Å². The van der Waals surface area contributed by atoms with Gasteiger partial charge in [0.2, 0.25) is 0 Å². The van der Waals surface area contributed by atoms with Gasteiger partial charge in [0.25, 0.3) is 0 Å². The first-order valence-electron chi connectivity index (χ1n) is 5.34. The predicted molar refractivity (Wildman–Crippen MR) is 50.6 cm³/mol. The number of hydrogen-bond acceptors (Lipinski definition) is 3. The molecule has 13 heavy (non-hydrogen) atoms. The summed E-state index contributed by atoms with van der Waals surface area (Å²) in [6, 6.07) is 0.567. The van der Waals surface area contributed by atoms with E-state index in [-0.39, 0.29) is 6.10 Å². The fraction of sp³-hybridized carbons (Fsp3) is 1.00. The van der Waals surface area contributed by atoms with E-state index in [4.69, 9.17) is 4.74 Å². The first kappa shape index (κ1) is 9.44. The molecule has 2 N–H and O–H groups in total. The highest BCUT2D eigenvalue weighted by Gasteiger charge is 2.24. The summed E-state index contributed by atoms with van der Waals surface area (Å²) in [7, 11) is 0. The van der Waals surface area contributed by atoms with Crippen molar-refractivity contribution in [2.24, 2.45) is 5.92 Å². The molecule has 3 heteroatoms. The van der Waals surface area contributed by atoms with E-state index in [1.807, 2.05) is 0 Å². The van der Waals surface area contributed by atoms with Crippen molar-refractivity contribution >= 4 is 0 Å². The third kappa shape index (κ3) is 2.66. The monoisotopic (exact) mass is 185 g/mol. The Morgan fingerprint density at radius 1 is 1.31 bits per heavy atom. The molecule has 3 unspecified atom stereocenters. The lowest BCUT2D eigenvalue weighted by molar-refractivity contribution is 0.175. The van der Waals surface area contributed by atoms with Gasteiger partial charge in [0.1, 0.15) is 0 Å². The number of aliphatic hydroxyl groups excluding tert-OH is 1. The van der Waals surface area contributed by atoms with E-state index in [9.17, 15) is 5.11 Å². The maximum atomic E-state index is 9.34. The van der Waals surface area contributed by atoms with Crippen LogP contribution < -0.4 is 5.32 Å². The molecule has 0 radical (unpaired) electrons. The van der Waals surface area contributed by atoms with Crippen LogP contribution in [0.5, 0.6) is 0 Å². The summed E-state index contributed by atoms with van der Waals surface area (Å²) in [6.45, 7) is 2.84. The molecule has 0 aromatic carbocycles. The standard InChI is InChI=1S/C10H19NO2/c12-10-2-1-8(5-10)6-11-9-3-4-13-7-9/h8-12H,1-7H2. The van der Waals surface area contributed by atoms with Crippen LogP contribution in [0.4, 0.5) is 0 Å². The summed E-state index contributed by atoms with van der Waals surface area (Å²) in [5.74, 6) is 0.690. The predicted octanol–water partition coefficient (Wildman–Crippen LogP) is 0.526. The summed E-state index contributed by atoms with van der Waals surface area (Å²) in [5, 5.41) is 12.8. The quantitative estimate of drug-likeness (QED) is 0.674. The van der Waals surface area contributed by atoms with E-state index in [1.165, 1.54) is 6.42 Å². The maximum Gasteiger partial charge on any atom is 0.0620 e. The molecule has 1 heterocycles. The van der Waals surface area contributed by atoms with Crippen LogP contribution in [0.25, 0.3) is 0 Å². The molecule has 3 atom stereocenters. The van der Waals surface area contributed by atoms with Gasteiger partial charge in [-0.3, -0.25) is 0 Å². The molecule has 0 aromatic rings. The molecular formula is C10H19NO2. The summed E-state index contributed by atoms with van der Waals surface area (Å²) in [5.41, 5.74) is 0. The van der Waals surface area contributed by atoms with Gasteiger partial charge in [0.15, 0.2) is 0 Å². The highest BCUT2D eigenvalue weighted by Crippen LogP contribution is 2.24. The second-order valence-corrected chi connectivity index (χ2v) is 4.30. The summed E-state index contributed by atoms with van der Waals surface area (Å²) in [4.78, 5) is 0. The Morgan fingerprint density at radius 3 is 2.85 bits per heavy atom. The van der Waals surface area contributed by atoms with Crippen molar-refractivity contribution in [3.63, 3.8) is 0 Å². The zero-order valence-corrected chi connectivity index (χ0v) is 8.04. The average Bonchev–Trinajstić information content (AvgIpc) is 2.71. The maximum absolute atomic E-state index is 9.34. The van der Waals surface area contributed by atoms with Crippen LogP contribution in [0, 0.1) is 5.92 Å². The molecule has 3 nitrogen and oxygen atoms in total. The molecule has 1 aliphatic heterocycles. The zero-order chi connectivity index (χ0) is 9.10. The Kier molecular flexibility index (Phi) is 3.19. The van der Waals surface area contributed by atoms with Crippen molar-refractivity contribution in [2.75, 3.05) is 19.8 Å². The topological polar surface area (TPSA) is 41.5 Å². The smallest absolute Gasteiger partial charge is 0.0620 e. The number of nitrogens with one attached hydrogen (secondary N) is 1. The number of hydrogen-bond donors (Lipinski definition) is 2. The van der Waals surface area contributed by atoms with E-state index in [0.29, 0.717) is 12.0 Å². The lowest BCUT2D eigenvalue weighted by Gasteiger charge is -2.14. The molecule has 0 bridgehead atoms. The van der Waals surface area contributed by atoms with Crippen LogP contribution in [-0.2, 0) is 4.74 Å². The Bertz CT molecular complexity index is 157.